The molecule has 0 spiro atoms. The lowest BCUT2D eigenvalue weighted by Crippen LogP contribution is -2.08. The first kappa shape index (κ1) is 16.0. The zero-order chi connectivity index (χ0) is 16.9. The van der Waals surface area contributed by atoms with E-state index >= 15 is 0 Å². The molecule has 0 aliphatic heterocycles. The predicted molar refractivity (Wildman–Crippen MR) is 95.2 cm³/mol. The van der Waals surface area contributed by atoms with E-state index in [9.17, 15) is 4.79 Å². The van der Waals surface area contributed by atoms with Crippen molar-refractivity contribution >= 4 is 29.3 Å². The quantitative estimate of drug-likeness (QED) is 0.734. The van der Waals surface area contributed by atoms with E-state index in [1.165, 1.54) is 6.08 Å². The number of carbonyl (C=O) groups is 1. The molecule has 6 heteroatoms. The van der Waals surface area contributed by atoms with Gasteiger partial charge in [0.1, 0.15) is 11.6 Å². The maximum atomic E-state index is 12.0. The number of amides is 1. The minimum absolute atomic E-state index is 0.247. The van der Waals surface area contributed by atoms with E-state index in [1.54, 1.807) is 30.6 Å². The van der Waals surface area contributed by atoms with Gasteiger partial charge in [0.05, 0.1) is 11.9 Å². The Bertz CT molecular complexity index is 884. The second-order valence-electron chi connectivity index (χ2n) is 5.09. The third kappa shape index (κ3) is 3.70. The zero-order valence-corrected chi connectivity index (χ0v) is 13.7. The highest BCUT2D eigenvalue weighted by atomic mass is 35.5. The van der Waals surface area contributed by atoms with Gasteiger partial charge >= 0.3 is 0 Å². The highest BCUT2D eigenvalue weighted by Gasteiger charge is 2.03. The van der Waals surface area contributed by atoms with Crippen molar-refractivity contribution in [1.29, 1.82) is 0 Å². The number of imidazole rings is 1. The van der Waals surface area contributed by atoms with Crippen molar-refractivity contribution < 1.29 is 4.79 Å². The predicted octanol–water partition coefficient (Wildman–Crippen LogP) is 3.88. The average Bonchev–Trinajstić information content (AvgIpc) is 3.01. The summed E-state index contributed by atoms with van der Waals surface area (Å²) in [6.45, 7) is 1.90. The van der Waals surface area contributed by atoms with Crippen LogP contribution in [-0.2, 0) is 4.79 Å². The van der Waals surface area contributed by atoms with E-state index in [-0.39, 0.29) is 5.91 Å². The Hall–Kier alpha value is -2.92. The molecule has 2 aromatic heterocycles. The Morgan fingerprint density at radius 2 is 2.04 bits per heavy atom. The molecule has 0 aliphatic carbocycles. The van der Waals surface area contributed by atoms with Crippen LogP contribution < -0.4 is 5.32 Å². The van der Waals surface area contributed by atoms with Crippen LogP contribution in [0.4, 0.5) is 5.69 Å². The van der Waals surface area contributed by atoms with Gasteiger partial charge in [0, 0.05) is 23.5 Å². The van der Waals surface area contributed by atoms with Crippen LogP contribution in [0, 0.1) is 6.92 Å². The molecule has 120 valence electrons. The fourth-order valence-electron chi connectivity index (χ4n) is 2.18. The number of hydrogen-bond acceptors (Lipinski definition) is 3. The molecule has 1 aromatic carbocycles. The number of nitrogens with one attached hydrogen (secondary N) is 1. The molecular weight excluding hydrogens is 324 g/mol. The molecule has 0 radical (unpaired) electrons. The van der Waals surface area contributed by atoms with Crippen LogP contribution in [0.5, 0.6) is 0 Å². The van der Waals surface area contributed by atoms with Crippen LogP contribution >= 0.6 is 11.6 Å². The second-order valence-corrected chi connectivity index (χ2v) is 5.50. The van der Waals surface area contributed by atoms with Crippen LogP contribution in [0.2, 0.25) is 5.02 Å². The number of benzene rings is 1. The smallest absolute Gasteiger partial charge is 0.248 e. The van der Waals surface area contributed by atoms with E-state index in [1.807, 2.05) is 42.0 Å². The number of aromatic nitrogens is 3. The molecule has 2 heterocycles. The van der Waals surface area contributed by atoms with Gasteiger partial charge < -0.3 is 5.32 Å². The highest BCUT2D eigenvalue weighted by Crippen LogP contribution is 2.16. The summed E-state index contributed by atoms with van der Waals surface area (Å²) in [4.78, 5) is 20.5. The molecule has 0 aliphatic rings. The Morgan fingerprint density at radius 1 is 1.21 bits per heavy atom. The van der Waals surface area contributed by atoms with E-state index in [4.69, 9.17) is 11.6 Å². The molecule has 0 saturated heterocycles. The molecule has 3 aromatic rings. The summed E-state index contributed by atoms with van der Waals surface area (Å²) in [5.74, 6) is 1.35. The Kier molecular flexibility index (Phi) is 4.72. The molecule has 5 nitrogen and oxygen atoms in total. The van der Waals surface area contributed by atoms with Gasteiger partial charge in [-0.05, 0) is 36.8 Å². The van der Waals surface area contributed by atoms with Crippen molar-refractivity contribution in [1.82, 2.24) is 14.5 Å². The first-order valence-corrected chi connectivity index (χ1v) is 7.71. The van der Waals surface area contributed by atoms with Crippen LogP contribution in [0.3, 0.4) is 0 Å². The zero-order valence-electron chi connectivity index (χ0n) is 13.0. The lowest BCUT2D eigenvalue weighted by Gasteiger charge is -2.06. The number of halogens is 1. The fraction of sp³-hybridized carbons (Fsp3) is 0.0556. The molecule has 0 unspecified atom stereocenters. The minimum atomic E-state index is -0.247. The van der Waals surface area contributed by atoms with Gasteiger partial charge in [-0.25, -0.2) is 9.97 Å². The van der Waals surface area contributed by atoms with Crippen molar-refractivity contribution in [2.75, 3.05) is 5.32 Å². The molecule has 1 N–H and O–H groups in total. The van der Waals surface area contributed by atoms with Gasteiger partial charge in [-0.1, -0.05) is 29.8 Å². The first-order valence-electron chi connectivity index (χ1n) is 7.33. The summed E-state index contributed by atoms with van der Waals surface area (Å²) >= 11 is 6.05. The monoisotopic (exact) mass is 338 g/mol. The molecular formula is C18H15ClN4O. The van der Waals surface area contributed by atoms with Crippen molar-refractivity contribution in [2.45, 2.75) is 6.92 Å². The minimum Gasteiger partial charge on any atom is -0.321 e. The molecule has 0 atom stereocenters. The van der Waals surface area contributed by atoms with Gasteiger partial charge in [0.25, 0.3) is 0 Å². The number of anilines is 1. The fourth-order valence-corrected chi connectivity index (χ4v) is 2.38. The van der Waals surface area contributed by atoms with E-state index < -0.39 is 0 Å². The third-order valence-corrected chi connectivity index (χ3v) is 3.75. The van der Waals surface area contributed by atoms with Crippen LogP contribution in [0.25, 0.3) is 11.9 Å². The van der Waals surface area contributed by atoms with Gasteiger partial charge in [0.2, 0.25) is 5.91 Å². The molecule has 0 bridgehead atoms. The number of hydrogen-bond donors (Lipinski definition) is 1. The number of rotatable bonds is 4. The standard InChI is InChI=1S/C18H15ClN4O/c1-13-20-10-11-23(13)17-8-7-15(12-21-17)22-18(24)9-6-14-4-2-3-5-16(14)19/h2-12H,1H3,(H,22,24)/b9-6+. The number of carbonyl (C=O) groups excluding carboxylic acids is 1. The summed E-state index contributed by atoms with van der Waals surface area (Å²) < 4.78 is 1.86. The van der Waals surface area contributed by atoms with Crippen molar-refractivity contribution in [2.24, 2.45) is 0 Å². The Labute approximate surface area is 144 Å². The normalized spacial score (nSPS) is 10.9. The van der Waals surface area contributed by atoms with Crippen molar-refractivity contribution in [3.8, 4) is 5.82 Å². The summed E-state index contributed by atoms with van der Waals surface area (Å²) in [7, 11) is 0. The van der Waals surface area contributed by atoms with Gasteiger partial charge in [-0.15, -0.1) is 0 Å². The number of pyridine rings is 1. The lowest BCUT2D eigenvalue weighted by atomic mass is 10.2. The Morgan fingerprint density at radius 3 is 2.71 bits per heavy atom. The van der Waals surface area contributed by atoms with E-state index in [2.05, 4.69) is 15.3 Å². The van der Waals surface area contributed by atoms with Crippen LogP contribution in [0.15, 0.2) is 61.1 Å². The maximum absolute atomic E-state index is 12.0. The van der Waals surface area contributed by atoms with E-state index in [0.717, 1.165) is 17.2 Å². The lowest BCUT2D eigenvalue weighted by molar-refractivity contribution is -0.111. The molecule has 24 heavy (non-hydrogen) atoms. The maximum Gasteiger partial charge on any atom is 0.248 e. The van der Waals surface area contributed by atoms with Crippen LogP contribution in [0.1, 0.15) is 11.4 Å². The summed E-state index contributed by atoms with van der Waals surface area (Å²) in [6.07, 6.45) is 8.27. The third-order valence-electron chi connectivity index (χ3n) is 3.41. The SMILES string of the molecule is Cc1nccn1-c1ccc(NC(=O)/C=C/c2ccccc2Cl)cn1. The van der Waals surface area contributed by atoms with Gasteiger partial charge in [-0.2, -0.15) is 0 Å². The molecule has 0 fully saturated rings. The van der Waals surface area contributed by atoms with E-state index in [0.29, 0.717) is 10.7 Å². The topological polar surface area (TPSA) is 59.8 Å². The first-order chi connectivity index (χ1) is 11.6. The summed E-state index contributed by atoms with van der Waals surface area (Å²) in [6, 6.07) is 10.9. The molecule has 0 saturated carbocycles. The second kappa shape index (κ2) is 7.10. The largest absolute Gasteiger partial charge is 0.321 e. The average molecular weight is 339 g/mol. The Balaban J connectivity index is 1.67. The molecule has 1 amide bonds. The number of nitrogens with zero attached hydrogens (tertiary/aromatic N) is 3. The molecule has 3 rings (SSSR count). The van der Waals surface area contributed by atoms with Crippen LogP contribution in [-0.4, -0.2) is 20.4 Å². The summed E-state index contributed by atoms with van der Waals surface area (Å²) in [5.41, 5.74) is 1.41. The van der Waals surface area contributed by atoms with Gasteiger partial charge in [-0.3, -0.25) is 9.36 Å². The van der Waals surface area contributed by atoms with Crippen molar-refractivity contribution in [3.05, 3.63) is 77.5 Å². The number of aryl methyl sites for hydroxylation is 1. The highest BCUT2D eigenvalue weighted by molar-refractivity contribution is 6.32. The van der Waals surface area contributed by atoms with Gasteiger partial charge in [0.15, 0.2) is 0 Å². The van der Waals surface area contributed by atoms with Crippen molar-refractivity contribution in [3.63, 3.8) is 0 Å². The summed E-state index contributed by atoms with van der Waals surface area (Å²) in [5, 5.41) is 3.36.